The van der Waals surface area contributed by atoms with E-state index in [1.807, 2.05) is 0 Å². The van der Waals surface area contributed by atoms with E-state index in [2.05, 4.69) is 10.6 Å². The molecule has 0 aromatic heterocycles. The first-order valence-corrected chi connectivity index (χ1v) is 7.85. The summed E-state index contributed by atoms with van der Waals surface area (Å²) in [4.78, 5) is 36.7. The van der Waals surface area contributed by atoms with Gasteiger partial charge in [-0.05, 0) is 25.0 Å². The highest BCUT2D eigenvalue weighted by molar-refractivity contribution is 5.90. The van der Waals surface area contributed by atoms with E-state index in [1.54, 1.807) is 0 Å². The van der Waals surface area contributed by atoms with Gasteiger partial charge in [0.1, 0.15) is 11.6 Å². The Morgan fingerprint density at radius 3 is 2.56 bits per heavy atom. The fourth-order valence-corrected chi connectivity index (χ4v) is 3.49. The molecule has 134 valence electrons. The molecule has 9 heteroatoms. The molecule has 1 aromatic carbocycles. The lowest BCUT2D eigenvalue weighted by molar-refractivity contribution is -0.144. The smallest absolute Gasteiger partial charge is 0.321 e. The first kappa shape index (κ1) is 17.1. The summed E-state index contributed by atoms with van der Waals surface area (Å²) < 4.78 is 26.5. The highest BCUT2D eigenvalue weighted by atomic mass is 19.1. The number of halogens is 2. The number of nitrogens with zero attached hydrogens (tertiary/aromatic N) is 1. The van der Waals surface area contributed by atoms with Crippen LogP contribution in [0.15, 0.2) is 18.2 Å². The Bertz CT molecular complexity index is 732. The van der Waals surface area contributed by atoms with Gasteiger partial charge in [0.25, 0.3) is 0 Å². The van der Waals surface area contributed by atoms with Crippen LogP contribution in [0.5, 0.6) is 0 Å². The Morgan fingerprint density at radius 1 is 1.28 bits per heavy atom. The van der Waals surface area contributed by atoms with Crippen molar-refractivity contribution >= 4 is 23.6 Å². The van der Waals surface area contributed by atoms with Gasteiger partial charge in [0.05, 0.1) is 17.1 Å². The van der Waals surface area contributed by atoms with Crippen molar-refractivity contribution in [3.63, 3.8) is 0 Å². The number of hydrogen-bond donors (Lipinski definition) is 3. The van der Waals surface area contributed by atoms with Crippen LogP contribution < -0.4 is 10.6 Å². The van der Waals surface area contributed by atoms with E-state index in [4.69, 9.17) is 0 Å². The molecule has 2 aliphatic heterocycles. The molecule has 2 heterocycles. The Balaban J connectivity index is 1.64. The van der Waals surface area contributed by atoms with Crippen LogP contribution in [0.3, 0.4) is 0 Å². The topological polar surface area (TPSA) is 98.7 Å². The molecule has 3 rings (SSSR count). The van der Waals surface area contributed by atoms with Gasteiger partial charge in [-0.2, -0.15) is 0 Å². The minimum Gasteiger partial charge on any atom is -0.481 e. The molecule has 2 saturated heterocycles. The first-order chi connectivity index (χ1) is 11.8. The third-order valence-electron chi connectivity index (χ3n) is 4.86. The molecular formula is C16H17F2N3O4. The number of likely N-dealkylation sites (tertiary alicyclic amines) is 1. The number of carbonyl (C=O) groups is 3. The van der Waals surface area contributed by atoms with Crippen molar-refractivity contribution in [1.82, 2.24) is 10.2 Å². The van der Waals surface area contributed by atoms with Crippen LogP contribution >= 0.6 is 0 Å². The van der Waals surface area contributed by atoms with Crippen LogP contribution in [-0.2, 0) is 9.59 Å². The van der Waals surface area contributed by atoms with Gasteiger partial charge in [0.15, 0.2) is 0 Å². The normalized spacial score (nSPS) is 21.9. The number of carboxylic acids is 1. The van der Waals surface area contributed by atoms with Crippen LogP contribution in [0.2, 0.25) is 0 Å². The third-order valence-corrected chi connectivity index (χ3v) is 4.86. The minimum absolute atomic E-state index is 0.0671. The largest absolute Gasteiger partial charge is 0.481 e. The second-order valence-corrected chi connectivity index (χ2v) is 6.34. The Labute approximate surface area is 142 Å². The highest BCUT2D eigenvalue weighted by Crippen LogP contribution is 2.37. The molecule has 0 aliphatic carbocycles. The molecule has 2 fully saturated rings. The molecule has 1 aromatic rings. The van der Waals surface area contributed by atoms with Gasteiger partial charge in [-0.1, -0.05) is 0 Å². The van der Waals surface area contributed by atoms with Crippen LogP contribution in [0, 0.1) is 17.6 Å². The highest BCUT2D eigenvalue weighted by Gasteiger charge is 2.52. The summed E-state index contributed by atoms with van der Waals surface area (Å²) in [6.45, 7) is 0.442. The maximum Gasteiger partial charge on any atom is 0.321 e. The van der Waals surface area contributed by atoms with Gasteiger partial charge in [0, 0.05) is 25.6 Å². The van der Waals surface area contributed by atoms with E-state index >= 15 is 0 Å². The van der Waals surface area contributed by atoms with Gasteiger partial charge in [-0.15, -0.1) is 0 Å². The number of rotatable bonds is 2. The molecule has 25 heavy (non-hydrogen) atoms. The van der Waals surface area contributed by atoms with Crippen LogP contribution in [0.25, 0.3) is 0 Å². The van der Waals surface area contributed by atoms with Gasteiger partial charge < -0.3 is 20.6 Å². The number of benzene rings is 1. The van der Waals surface area contributed by atoms with Crippen molar-refractivity contribution in [1.29, 1.82) is 0 Å². The molecule has 1 unspecified atom stereocenters. The van der Waals surface area contributed by atoms with E-state index in [1.165, 1.54) is 4.90 Å². The van der Waals surface area contributed by atoms with Gasteiger partial charge >= 0.3 is 12.0 Å². The molecule has 0 radical (unpaired) electrons. The fraction of sp³-hybridized carbons (Fsp3) is 0.438. The predicted octanol–water partition coefficient (Wildman–Crippen LogP) is 1.55. The number of anilines is 1. The number of piperidine rings is 1. The monoisotopic (exact) mass is 353 g/mol. The number of hydrogen-bond acceptors (Lipinski definition) is 3. The maximum atomic E-state index is 13.6. The zero-order valence-corrected chi connectivity index (χ0v) is 13.2. The number of aliphatic carboxylic acids is 1. The molecule has 3 amide bonds. The predicted molar refractivity (Wildman–Crippen MR) is 82.8 cm³/mol. The van der Waals surface area contributed by atoms with E-state index in [-0.39, 0.29) is 31.1 Å². The maximum absolute atomic E-state index is 13.6. The average Bonchev–Trinajstić information content (AvgIpc) is 2.87. The summed E-state index contributed by atoms with van der Waals surface area (Å²) in [5.74, 6) is -3.79. The summed E-state index contributed by atoms with van der Waals surface area (Å²) in [5, 5.41) is 14.4. The quantitative estimate of drug-likeness (QED) is 0.751. The van der Waals surface area contributed by atoms with E-state index in [0.717, 1.165) is 12.1 Å². The van der Waals surface area contributed by atoms with Crippen molar-refractivity contribution in [3.8, 4) is 0 Å². The lowest BCUT2D eigenvalue weighted by Crippen LogP contribution is -2.57. The lowest BCUT2D eigenvalue weighted by Gasteiger charge is -2.41. The summed E-state index contributed by atoms with van der Waals surface area (Å²) in [7, 11) is 0. The Hall–Kier alpha value is -2.71. The summed E-state index contributed by atoms with van der Waals surface area (Å²) in [6, 6.07) is 2.28. The number of urea groups is 1. The van der Waals surface area contributed by atoms with Crippen molar-refractivity contribution in [2.45, 2.75) is 24.8 Å². The average molecular weight is 353 g/mol. The molecule has 0 saturated carbocycles. The Morgan fingerprint density at radius 2 is 1.96 bits per heavy atom. The van der Waals surface area contributed by atoms with Crippen molar-refractivity contribution in [2.75, 3.05) is 18.4 Å². The second-order valence-electron chi connectivity index (χ2n) is 6.34. The summed E-state index contributed by atoms with van der Waals surface area (Å²) in [5.41, 5.74) is -0.981. The second kappa shape index (κ2) is 6.30. The molecule has 3 N–H and O–H groups in total. The van der Waals surface area contributed by atoms with Crippen LogP contribution in [-0.4, -0.2) is 46.5 Å². The Kier molecular flexibility index (Phi) is 4.32. The summed E-state index contributed by atoms with van der Waals surface area (Å²) >= 11 is 0. The standard InChI is InChI=1S/C16H17F2N3O4/c17-9-1-2-12(11(18)7-9)19-15(25)21-5-3-16(4-6-21)10(14(23)24)8-13(22)20-16/h1-2,7,10H,3-6,8H2,(H,19,25)(H,20,22)(H,23,24). The zero-order chi connectivity index (χ0) is 18.2. The van der Waals surface area contributed by atoms with Crippen molar-refractivity contribution < 1.29 is 28.3 Å². The van der Waals surface area contributed by atoms with Crippen molar-refractivity contribution in [2.24, 2.45) is 5.92 Å². The molecule has 1 atom stereocenters. The zero-order valence-electron chi connectivity index (χ0n) is 13.2. The molecular weight excluding hydrogens is 336 g/mol. The SMILES string of the molecule is O=C1CC(C(=O)O)C2(CCN(C(=O)Nc3ccc(F)cc3F)CC2)N1. The van der Waals surface area contributed by atoms with Gasteiger partial charge in [-0.25, -0.2) is 13.6 Å². The van der Waals surface area contributed by atoms with Crippen molar-refractivity contribution in [3.05, 3.63) is 29.8 Å². The minimum atomic E-state index is -1.04. The van der Waals surface area contributed by atoms with Crippen LogP contribution in [0.1, 0.15) is 19.3 Å². The number of carboxylic acid groups (broad SMARTS) is 1. The van der Waals surface area contributed by atoms with Crippen LogP contribution in [0.4, 0.5) is 19.3 Å². The van der Waals surface area contributed by atoms with E-state index in [0.29, 0.717) is 18.9 Å². The lowest BCUT2D eigenvalue weighted by atomic mass is 9.78. The number of amides is 3. The van der Waals surface area contributed by atoms with Gasteiger partial charge in [-0.3, -0.25) is 9.59 Å². The molecule has 1 spiro atoms. The fourth-order valence-electron chi connectivity index (χ4n) is 3.49. The van der Waals surface area contributed by atoms with E-state index < -0.39 is 35.1 Å². The van der Waals surface area contributed by atoms with Gasteiger partial charge in [0.2, 0.25) is 5.91 Å². The first-order valence-electron chi connectivity index (χ1n) is 7.85. The molecule has 0 bridgehead atoms. The molecule has 7 nitrogen and oxygen atoms in total. The number of nitrogens with one attached hydrogen (secondary N) is 2. The van der Waals surface area contributed by atoms with E-state index in [9.17, 15) is 28.3 Å². The third kappa shape index (κ3) is 3.26. The molecule has 2 aliphatic rings. The summed E-state index contributed by atoms with van der Waals surface area (Å²) in [6.07, 6.45) is 0.534. The number of carbonyl (C=O) groups excluding carboxylic acids is 2.